The molecule has 0 saturated heterocycles. The van der Waals surface area contributed by atoms with Gasteiger partial charge in [-0.25, -0.2) is 0 Å². The molecule has 1 N–H and O–H groups in total. The topological polar surface area (TPSA) is 46.9 Å². The number of hydrogen-bond donors (Lipinski definition) is 1. The number of pyridine rings is 1. The predicted octanol–water partition coefficient (Wildman–Crippen LogP) is 9.92. The molecule has 5 nitrogen and oxygen atoms in total. The zero-order valence-electron chi connectivity index (χ0n) is 24.0. The molecule has 0 spiro atoms. The molecule has 10 aromatic rings. The largest absolute Gasteiger partial charge is 0.456 e. The van der Waals surface area contributed by atoms with Gasteiger partial charge < -0.3 is 18.5 Å². The first-order valence-corrected chi connectivity index (χ1v) is 15.3. The first-order valence-electron chi connectivity index (χ1n) is 15.3. The number of hydrogen-bond acceptors (Lipinski definition) is 3. The fourth-order valence-corrected chi connectivity index (χ4v) is 7.84. The monoisotopic (exact) mass is 576 g/mol. The number of fused-ring (bicyclic) bond motifs is 9. The van der Waals surface area contributed by atoms with Crippen LogP contribution in [0, 0.1) is 0 Å². The van der Waals surface area contributed by atoms with Crippen molar-refractivity contribution in [2.75, 3.05) is 0 Å². The van der Waals surface area contributed by atoms with Crippen molar-refractivity contribution in [3.8, 4) is 11.3 Å². The highest BCUT2D eigenvalue weighted by Gasteiger charge is 2.24. The number of para-hydroxylation sites is 2. The molecule has 5 aromatic heterocycles. The number of allylic oxidation sites excluding steroid dienone is 2. The Bertz CT molecular complexity index is 2900. The highest BCUT2D eigenvalue weighted by Crippen LogP contribution is 2.46. The van der Waals surface area contributed by atoms with Gasteiger partial charge in [0, 0.05) is 33.3 Å². The van der Waals surface area contributed by atoms with Gasteiger partial charge in [-0.05, 0) is 78.5 Å². The minimum atomic E-state index is 0.119. The standard InChI is InChI=1S/C40H24N4O/c1-2-10-32-31(9-1)43-33-21-23(29-7-3-5-19-41-29)11-13-25(33)27-15-17-35-37(39(27)43)38-36(45-35)18-16-28-26-14-12-24(30-8-4-6-20-42-30)22-34(26)44(32)40(28)38/h1-22,29,41H. The number of dihydropyridines is 1. The van der Waals surface area contributed by atoms with Crippen LogP contribution in [0.3, 0.4) is 0 Å². The fourth-order valence-electron chi connectivity index (χ4n) is 7.84. The predicted molar refractivity (Wildman–Crippen MR) is 184 cm³/mol. The number of aromatic nitrogens is 3. The fraction of sp³-hybridized carbons (Fsp3) is 0.0250. The van der Waals surface area contributed by atoms with E-state index in [4.69, 9.17) is 4.42 Å². The molecule has 0 saturated carbocycles. The van der Waals surface area contributed by atoms with E-state index in [-0.39, 0.29) is 6.04 Å². The van der Waals surface area contributed by atoms with Gasteiger partial charge in [0.1, 0.15) is 11.2 Å². The molecular formula is C40H24N4O. The van der Waals surface area contributed by atoms with Crippen LogP contribution in [0.5, 0.6) is 0 Å². The van der Waals surface area contributed by atoms with Gasteiger partial charge >= 0.3 is 0 Å². The smallest absolute Gasteiger partial charge is 0.137 e. The maximum atomic E-state index is 6.65. The minimum absolute atomic E-state index is 0.119. The first kappa shape index (κ1) is 23.4. The van der Waals surface area contributed by atoms with Crippen LogP contribution >= 0.6 is 0 Å². The van der Waals surface area contributed by atoms with E-state index in [1.807, 2.05) is 30.6 Å². The third kappa shape index (κ3) is 2.95. The molecule has 0 bridgehead atoms. The number of rotatable bonds is 2. The normalized spacial score (nSPS) is 15.3. The van der Waals surface area contributed by atoms with E-state index < -0.39 is 0 Å². The van der Waals surface area contributed by atoms with Crippen molar-refractivity contribution in [3.63, 3.8) is 0 Å². The summed E-state index contributed by atoms with van der Waals surface area (Å²) in [5.41, 5.74) is 12.1. The van der Waals surface area contributed by atoms with Gasteiger partial charge in [0.2, 0.25) is 0 Å². The van der Waals surface area contributed by atoms with Crippen LogP contribution in [-0.4, -0.2) is 13.8 Å². The highest BCUT2D eigenvalue weighted by molar-refractivity contribution is 6.32. The first-order chi connectivity index (χ1) is 22.3. The van der Waals surface area contributed by atoms with Crippen LogP contribution in [-0.2, 0) is 0 Å². The molecule has 0 fully saturated rings. The van der Waals surface area contributed by atoms with Gasteiger partial charge in [-0.2, -0.15) is 0 Å². The Morgan fingerprint density at radius 2 is 1.27 bits per heavy atom. The maximum Gasteiger partial charge on any atom is 0.137 e. The van der Waals surface area contributed by atoms with Gasteiger partial charge in [0.25, 0.3) is 0 Å². The number of nitrogens with one attached hydrogen (secondary N) is 1. The second-order valence-corrected chi connectivity index (χ2v) is 12.0. The molecule has 0 amide bonds. The molecule has 45 heavy (non-hydrogen) atoms. The zero-order valence-corrected chi connectivity index (χ0v) is 24.0. The average Bonchev–Trinajstić information content (AvgIpc) is 3.75. The van der Waals surface area contributed by atoms with Crippen molar-refractivity contribution in [2.45, 2.75) is 6.04 Å². The molecule has 0 radical (unpaired) electrons. The van der Waals surface area contributed by atoms with Crippen LogP contribution in [0.25, 0.3) is 87.8 Å². The SMILES string of the molecule is C1=CNC(c2ccc3c4ccc5oc6ccc7c8ccc(-c9ccccn9)cc8n8c9ccccc9n(c3c2)c4c5c6c78)C=C1. The third-order valence-electron chi connectivity index (χ3n) is 9.75. The lowest BCUT2D eigenvalue weighted by Crippen LogP contribution is -2.14. The molecule has 11 rings (SSSR count). The van der Waals surface area contributed by atoms with Crippen molar-refractivity contribution >= 4 is 76.6 Å². The van der Waals surface area contributed by atoms with E-state index in [2.05, 4.69) is 122 Å². The van der Waals surface area contributed by atoms with E-state index in [1.54, 1.807) is 0 Å². The molecule has 5 aromatic carbocycles. The molecule has 1 aliphatic heterocycles. The second-order valence-electron chi connectivity index (χ2n) is 12.0. The Morgan fingerprint density at radius 3 is 1.93 bits per heavy atom. The molecule has 1 unspecified atom stereocenters. The van der Waals surface area contributed by atoms with E-state index in [1.165, 1.54) is 43.7 Å². The van der Waals surface area contributed by atoms with E-state index >= 15 is 0 Å². The Morgan fingerprint density at radius 1 is 0.600 bits per heavy atom. The molecule has 1 aliphatic rings. The molecule has 210 valence electrons. The van der Waals surface area contributed by atoms with E-state index in [0.29, 0.717) is 0 Å². The lowest BCUT2D eigenvalue weighted by Gasteiger charge is -2.16. The van der Waals surface area contributed by atoms with Crippen molar-refractivity contribution in [2.24, 2.45) is 0 Å². The average molecular weight is 577 g/mol. The van der Waals surface area contributed by atoms with Crippen molar-refractivity contribution < 1.29 is 4.42 Å². The summed E-state index contributed by atoms with van der Waals surface area (Å²) in [5, 5.41) is 10.7. The maximum absolute atomic E-state index is 6.65. The summed E-state index contributed by atoms with van der Waals surface area (Å²) in [6, 6.07) is 37.4. The molecule has 1 atom stereocenters. The summed E-state index contributed by atoms with van der Waals surface area (Å²) < 4.78 is 11.6. The number of nitrogens with zero attached hydrogens (tertiary/aromatic N) is 3. The van der Waals surface area contributed by atoms with Crippen molar-refractivity contribution in [1.82, 2.24) is 19.1 Å². The lowest BCUT2D eigenvalue weighted by molar-refractivity contribution is 0.669. The highest BCUT2D eigenvalue weighted by atomic mass is 16.3. The van der Waals surface area contributed by atoms with Crippen LogP contribution in [0.15, 0.2) is 138 Å². The zero-order chi connectivity index (χ0) is 29.2. The second kappa shape index (κ2) is 8.30. The summed E-state index contributed by atoms with van der Waals surface area (Å²) in [4.78, 5) is 4.68. The van der Waals surface area contributed by atoms with Gasteiger partial charge in [0.05, 0.1) is 55.6 Å². The Balaban J connectivity index is 1.42. The van der Waals surface area contributed by atoms with Gasteiger partial charge in [-0.15, -0.1) is 0 Å². The van der Waals surface area contributed by atoms with E-state index in [9.17, 15) is 0 Å². The van der Waals surface area contributed by atoms with Crippen LogP contribution < -0.4 is 5.32 Å². The van der Waals surface area contributed by atoms with Gasteiger partial charge in [-0.3, -0.25) is 4.98 Å². The van der Waals surface area contributed by atoms with Gasteiger partial charge in [-0.1, -0.05) is 54.6 Å². The summed E-state index contributed by atoms with van der Waals surface area (Å²) >= 11 is 0. The Labute approximate surface area is 256 Å². The Kier molecular flexibility index (Phi) is 4.32. The molecule has 5 heteroatoms. The molecular weight excluding hydrogens is 552 g/mol. The van der Waals surface area contributed by atoms with Crippen molar-refractivity contribution in [1.29, 1.82) is 0 Å². The molecule has 6 heterocycles. The third-order valence-corrected chi connectivity index (χ3v) is 9.75. The summed E-state index contributed by atoms with van der Waals surface area (Å²) in [6.07, 6.45) is 10.2. The van der Waals surface area contributed by atoms with E-state index in [0.717, 1.165) is 49.7 Å². The molecule has 0 aliphatic carbocycles. The number of furan rings is 1. The van der Waals surface area contributed by atoms with Crippen LogP contribution in [0.1, 0.15) is 11.6 Å². The van der Waals surface area contributed by atoms with Gasteiger partial charge in [0.15, 0.2) is 0 Å². The minimum Gasteiger partial charge on any atom is -0.456 e. The quantitative estimate of drug-likeness (QED) is 0.223. The van der Waals surface area contributed by atoms with Crippen molar-refractivity contribution in [3.05, 3.63) is 139 Å². The summed E-state index contributed by atoms with van der Waals surface area (Å²) in [7, 11) is 0. The van der Waals surface area contributed by atoms with Crippen LogP contribution in [0.2, 0.25) is 0 Å². The summed E-state index contributed by atoms with van der Waals surface area (Å²) in [6.45, 7) is 0. The van der Waals surface area contributed by atoms with Crippen LogP contribution in [0.4, 0.5) is 0 Å². The number of benzene rings is 5. The lowest BCUT2D eigenvalue weighted by atomic mass is 10.0. The summed E-state index contributed by atoms with van der Waals surface area (Å²) in [5.74, 6) is 0. The Hall–Kier alpha value is -6.07.